The number of hydrogen-bond acceptors (Lipinski definition) is 2. The van der Waals surface area contributed by atoms with Crippen LogP contribution in [0, 0.1) is 6.92 Å². The van der Waals surface area contributed by atoms with Crippen molar-refractivity contribution in [3.8, 4) is 0 Å². The summed E-state index contributed by atoms with van der Waals surface area (Å²) in [6, 6.07) is 5.78. The number of alkyl halides is 1. The molecule has 0 amide bonds. The molecular formula is C11H13BrO2. The van der Waals surface area contributed by atoms with Crippen molar-refractivity contribution in [1.82, 2.24) is 0 Å². The summed E-state index contributed by atoms with van der Waals surface area (Å²) in [6.07, 6.45) is 0. The van der Waals surface area contributed by atoms with Gasteiger partial charge in [0.25, 0.3) is 0 Å². The lowest BCUT2D eigenvalue weighted by molar-refractivity contribution is 0.0525. The highest BCUT2D eigenvalue weighted by molar-refractivity contribution is 9.08. The standard InChI is InChI=1S/C11H13BrO2/c1-3-14-11(13)10-6-8(2)4-5-9(10)7-12/h4-6H,3,7H2,1-2H3. The Hall–Kier alpha value is -0.830. The van der Waals surface area contributed by atoms with Gasteiger partial charge in [-0.3, -0.25) is 0 Å². The molecule has 0 aliphatic carbocycles. The molecule has 0 spiro atoms. The zero-order chi connectivity index (χ0) is 10.6. The van der Waals surface area contributed by atoms with Gasteiger partial charge in [-0.15, -0.1) is 0 Å². The van der Waals surface area contributed by atoms with Gasteiger partial charge in [-0.05, 0) is 25.5 Å². The molecule has 2 nitrogen and oxygen atoms in total. The Labute approximate surface area is 92.4 Å². The van der Waals surface area contributed by atoms with E-state index in [1.807, 2.05) is 32.0 Å². The lowest BCUT2D eigenvalue weighted by Gasteiger charge is -2.07. The van der Waals surface area contributed by atoms with E-state index in [4.69, 9.17) is 4.74 Å². The van der Waals surface area contributed by atoms with Crippen molar-refractivity contribution in [2.45, 2.75) is 19.2 Å². The van der Waals surface area contributed by atoms with Crippen molar-refractivity contribution in [3.63, 3.8) is 0 Å². The van der Waals surface area contributed by atoms with Crippen molar-refractivity contribution in [3.05, 3.63) is 34.9 Å². The average molecular weight is 257 g/mol. The Bertz CT molecular complexity index is 334. The van der Waals surface area contributed by atoms with E-state index >= 15 is 0 Å². The lowest BCUT2D eigenvalue weighted by atomic mass is 10.1. The highest BCUT2D eigenvalue weighted by Gasteiger charge is 2.11. The highest BCUT2D eigenvalue weighted by Crippen LogP contribution is 2.15. The molecule has 0 aliphatic heterocycles. The van der Waals surface area contributed by atoms with Crippen molar-refractivity contribution < 1.29 is 9.53 Å². The molecule has 1 rings (SSSR count). The summed E-state index contributed by atoms with van der Waals surface area (Å²) in [4.78, 5) is 11.5. The normalized spacial score (nSPS) is 9.93. The van der Waals surface area contributed by atoms with Crippen molar-refractivity contribution >= 4 is 21.9 Å². The summed E-state index contributed by atoms with van der Waals surface area (Å²) in [7, 11) is 0. The number of carbonyl (C=O) groups is 1. The average Bonchev–Trinajstić information content (AvgIpc) is 2.18. The first-order valence-electron chi connectivity index (χ1n) is 4.51. The van der Waals surface area contributed by atoms with Crippen LogP contribution in [0.3, 0.4) is 0 Å². The number of ether oxygens (including phenoxy) is 1. The quantitative estimate of drug-likeness (QED) is 0.614. The van der Waals surface area contributed by atoms with Crippen molar-refractivity contribution in [2.24, 2.45) is 0 Å². The molecular weight excluding hydrogens is 244 g/mol. The summed E-state index contributed by atoms with van der Waals surface area (Å²) < 4.78 is 4.97. The number of carbonyl (C=O) groups excluding carboxylic acids is 1. The van der Waals surface area contributed by atoms with Crippen molar-refractivity contribution in [1.29, 1.82) is 0 Å². The summed E-state index contributed by atoms with van der Waals surface area (Å²) in [5, 5.41) is 0.668. The summed E-state index contributed by atoms with van der Waals surface area (Å²) in [5.41, 5.74) is 2.69. The maximum absolute atomic E-state index is 11.5. The maximum Gasteiger partial charge on any atom is 0.338 e. The SMILES string of the molecule is CCOC(=O)c1cc(C)ccc1CBr. The van der Waals surface area contributed by atoms with Crippen molar-refractivity contribution in [2.75, 3.05) is 6.61 Å². The monoisotopic (exact) mass is 256 g/mol. The number of aryl methyl sites for hydroxylation is 1. The molecule has 0 aliphatic rings. The Morgan fingerprint density at radius 1 is 1.50 bits per heavy atom. The van der Waals surface area contributed by atoms with Gasteiger partial charge in [-0.2, -0.15) is 0 Å². The molecule has 0 saturated carbocycles. The van der Waals surface area contributed by atoms with Crippen LogP contribution in [0.15, 0.2) is 18.2 Å². The minimum absolute atomic E-state index is 0.245. The van der Waals surface area contributed by atoms with Crippen LogP contribution in [0.1, 0.15) is 28.4 Å². The van der Waals surface area contributed by atoms with E-state index in [2.05, 4.69) is 15.9 Å². The van der Waals surface area contributed by atoms with E-state index in [9.17, 15) is 4.79 Å². The van der Waals surface area contributed by atoms with E-state index in [0.29, 0.717) is 17.5 Å². The molecule has 1 aromatic carbocycles. The smallest absolute Gasteiger partial charge is 0.338 e. The molecule has 0 unspecified atom stereocenters. The number of hydrogen-bond donors (Lipinski definition) is 0. The lowest BCUT2D eigenvalue weighted by Crippen LogP contribution is -2.07. The molecule has 0 aromatic heterocycles. The molecule has 3 heteroatoms. The van der Waals surface area contributed by atoms with Crippen LogP contribution >= 0.6 is 15.9 Å². The van der Waals surface area contributed by atoms with E-state index in [0.717, 1.165) is 11.1 Å². The predicted molar refractivity (Wildman–Crippen MR) is 59.8 cm³/mol. The molecule has 0 N–H and O–H groups in total. The van der Waals surface area contributed by atoms with E-state index in [1.54, 1.807) is 0 Å². The van der Waals surface area contributed by atoms with E-state index < -0.39 is 0 Å². The van der Waals surface area contributed by atoms with Gasteiger partial charge in [0.1, 0.15) is 0 Å². The highest BCUT2D eigenvalue weighted by atomic mass is 79.9. The van der Waals surface area contributed by atoms with Gasteiger partial charge in [0.2, 0.25) is 0 Å². The van der Waals surface area contributed by atoms with Gasteiger partial charge in [0.05, 0.1) is 12.2 Å². The van der Waals surface area contributed by atoms with Gasteiger partial charge in [-0.1, -0.05) is 33.6 Å². The molecule has 0 radical (unpaired) electrons. The Morgan fingerprint density at radius 3 is 2.79 bits per heavy atom. The molecule has 0 saturated heterocycles. The fourth-order valence-corrected chi connectivity index (χ4v) is 1.69. The third-order valence-electron chi connectivity index (χ3n) is 1.90. The third kappa shape index (κ3) is 2.58. The third-order valence-corrected chi connectivity index (χ3v) is 2.51. The zero-order valence-electron chi connectivity index (χ0n) is 8.34. The Kier molecular flexibility index (Phi) is 4.14. The number of benzene rings is 1. The molecule has 0 fully saturated rings. The maximum atomic E-state index is 11.5. The van der Waals surface area contributed by atoms with Crippen LogP contribution in [0.2, 0.25) is 0 Å². The molecule has 0 atom stereocenters. The first-order valence-corrected chi connectivity index (χ1v) is 5.63. The van der Waals surface area contributed by atoms with Crippen LogP contribution in [0.5, 0.6) is 0 Å². The number of halogens is 1. The Morgan fingerprint density at radius 2 is 2.21 bits per heavy atom. The van der Waals surface area contributed by atoms with E-state index in [-0.39, 0.29) is 5.97 Å². The van der Waals surface area contributed by atoms with Gasteiger partial charge < -0.3 is 4.74 Å². The van der Waals surface area contributed by atoms with Gasteiger partial charge in [0, 0.05) is 5.33 Å². The summed E-state index contributed by atoms with van der Waals surface area (Å²) >= 11 is 3.34. The van der Waals surface area contributed by atoms with Gasteiger partial charge in [-0.25, -0.2) is 4.79 Å². The zero-order valence-corrected chi connectivity index (χ0v) is 9.93. The molecule has 1 aromatic rings. The van der Waals surface area contributed by atoms with Gasteiger partial charge >= 0.3 is 5.97 Å². The number of rotatable bonds is 3. The largest absolute Gasteiger partial charge is 0.462 e. The van der Waals surface area contributed by atoms with Gasteiger partial charge in [0.15, 0.2) is 0 Å². The molecule has 0 bridgehead atoms. The minimum Gasteiger partial charge on any atom is -0.462 e. The predicted octanol–water partition coefficient (Wildman–Crippen LogP) is 3.07. The van der Waals surface area contributed by atoms with Crippen LogP contribution in [0.4, 0.5) is 0 Å². The fraction of sp³-hybridized carbons (Fsp3) is 0.364. The molecule has 14 heavy (non-hydrogen) atoms. The summed E-state index contributed by atoms with van der Waals surface area (Å²) in [6.45, 7) is 4.18. The fourth-order valence-electron chi connectivity index (χ4n) is 1.21. The molecule has 0 heterocycles. The number of esters is 1. The topological polar surface area (TPSA) is 26.3 Å². The van der Waals surface area contributed by atoms with Crippen LogP contribution < -0.4 is 0 Å². The first-order chi connectivity index (χ1) is 6.69. The van der Waals surface area contributed by atoms with Crippen LogP contribution in [-0.2, 0) is 10.1 Å². The second-order valence-corrected chi connectivity index (χ2v) is 3.58. The minimum atomic E-state index is -0.245. The second-order valence-electron chi connectivity index (χ2n) is 3.01. The summed E-state index contributed by atoms with van der Waals surface area (Å²) in [5.74, 6) is -0.245. The first kappa shape index (κ1) is 11.2. The van der Waals surface area contributed by atoms with Crippen LogP contribution in [0.25, 0.3) is 0 Å². The second kappa shape index (κ2) is 5.15. The van der Waals surface area contributed by atoms with Crippen LogP contribution in [-0.4, -0.2) is 12.6 Å². The Balaban J connectivity index is 3.03. The molecule has 76 valence electrons. The van der Waals surface area contributed by atoms with E-state index in [1.165, 1.54) is 0 Å².